The first-order chi connectivity index (χ1) is 11.5. The number of aryl methyl sites for hydroxylation is 1. The topological polar surface area (TPSA) is 64.6 Å². The van der Waals surface area contributed by atoms with Gasteiger partial charge in [0.1, 0.15) is 5.75 Å². The van der Waals surface area contributed by atoms with E-state index < -0.39 is 5.97 Å². The van der Waals surface area contributed by atoms with Gasteiger partial charge in [0, 0.05) is 11.3 Å². The van der Waals surface area contributed by atoms with Crippen LogP contribution in [0.25, 0.3) is 0 Å². The second-order valence-corrected chi connectivity index (χ2v) is 5.35. The van der Waals surface area contributed by atoms with Gasteiger partial charge < -0.3 is 14.8 Å². The van der Waals surface area contributed by atoms with Gasteiger partial charge in [-0.3, -0.25) is 4.79 Å². The van der Waals surface area contributed by atoms with Crippen LogP contribution in [0.1, 0.15) is 39.6 Å². The molecule has 0 aliphatic rings. The fourth-order valence-corrected chi connectivity index (χ4v) is 2.12. The van der Waals surface area contributed by atoms with Gasteiger partial charge in [-0.1, -0.05) is 13.0 Å². The van der Waals surface area contributed by atoms with Crippen molar-refractivity contribution >= 4 is 17.6 Å². The summed E-state index contributed by atoms with van der Waals surface area (Å²) in [7, 11) is 1.32. The van der Waals surface area contributed by atoms with E-state index in [4.69, 9.17) is 9.47 Å². The second kappa shape index (κ2) is 8.15. The molecule has 0 heterocycles. The summed E-state index contributed by atoms with van der Waals surface area (Å²) in [6.07, 6.45) is 0.929. The molecular formula is C19H21NO4. The van der Waals surface area contributed by atoms with Gasteiger partial charge in [0.05, 0.1) is 19.3 Å². The average Bonchev–Trinajstić information content (AvgIpc) is 2.61. The van der Waals surface area contributed by atoms with E-state index in [0.717, 1.165) is 17.7 Å². The lowest BCUT2D eigenvalue weighted by Crippen LogP contribution is -2.13. The molecule has 0 radical (unpaired) electrons. The van der Waals surface area contributed by atoms with Crippen LogP contribution in [0.2, 0.25) is 0 Å². The highest BCUT2D eigenvalue weighted by atomic mass is 16.5. The Hall–Kier alpha value is -2.82. The summed E-state index contributed by atoms with van der Waals surface area (Å²) in [6.45, 7) is 4.54. The second-order valence-electron chi connectivity index (χ2n) is 5.35. The van der Waals surface area contributed by atoms with Crippen molar-refractivity contribution in [3.8, 4) is 5.75 Å². The molecule has 0 spiro atoms. The first kappa shape index (κ1) is 17.5. The van der Waals surface area contributed by atoms with E-state index in [1.54, 1.807) is 42.5 Å². The van der Waals surface area contributed by atoms with Gasteiger partial charge in [-0.25, -0.2) is 4.79 Å². The number of nitrogens with one attached hydrogen (secondary N) is 1. The number of ether oxygens (including phenoxy) is 2. The molecule has 0 fully saturated rings. The van der Waals surface area contributed by atoms with E-state index in [0.29, 0.717) is 23.4 Å². The van der Waals surface area contributed by atoms with Crippen molar-refractivity contribution in [1.29, 1.82) is 0 Å². The number of hydrogen-bond acceptors (Lipinski definition) is 4. The van der Waals surface area contributed by atoms with E-state index in [-0.39, 0.29) is 5.91 Å². The average molecular weight is 327 g/mol. The summed E-state index contributed by atoms with van der Waals surface area (Å²) in [5.41, 5.74) is 2.34. The molecule has 2 rings (SSSR count). The van der Waals surface area contributed by atoms with Crippen molar-refractivity contribution in [2.45, 2.75) is 20.3 Å². The smallest absolute Gasteiger partial charge is 0.337 e. The molecule has 2 aromatic carbocycles. The fourth-order valence-electron chi connectivity index (χ4n) is 2.12. The summed E-state index contributed by atoms with van der Waals surface area (Å²) in [5, 5.41) is 2.82. The van der Waals surface area contributed by atoms with Crippen molar-refractivity contribution in [1.82, 2.24) is 0 Å². The monoisotopic (exact) mass is 327 g/mol. The predicted octanol–water partition coefficient (Wildman–Crippen LogP) is 3.82. The van der Waals surface area contributed by atoms with Crippen LogP contribution in [0.3, 0.4) is 0 Å². The Balaban J connectivity index is 2.13. The first-order valence-electron chi connectivity index (χ1n) is 7.78. The molecular weight excluding hydrogens is 306 g/mol. The minimum absolute atomic E-state index is 0.248. The molecule has 0 bridgehead atoms. The maximum absolute atomic E-state index is 12.4. The highest BCUT2D eigenvalue weighted by Gasteiger charge is 2.11. The Morgan fingerprint density at radius 2 is 1.71 bits per heavy atom. The summed E-state index contributed by atoms with van der Waals surface area (Å²) in [4.78, 5) is 24.0. The standard InChI is InChI=1S/C19H21NO4/c1-4-11-24-16-9-7-14(8-10-16)18(21)20-17-12-15(19(22)23-3)6-5-13(17)2/h5-10,12H,4,11H2,1-3H3,(H,20,21). The van der Waals surface area contributed by atoms with E-state index >= 15 is 0 Å². The number of anilines is 1. The van der Waals surface area contributed by atoms with E-state index in [1.165, 1.54) is 7.11 Å². The predicted molar refractivity (Wildman–Crippen MR) is 92.7 cm³/mol. The molecule has 0 saturated heterocycles. The van der Waals surface area contributed by atoms with Crippen LogP contribution in [-0.4, -0.2) is 25.6 Å². The maximum atomic E-state index is 12.4. The molecule has 5 heteroatoms. The number of carbonyl (C=O) groups is 2. The van der Waals surface area contributed by atoms with Crippen LogP contribution in [0.5, 0.6) is 5.75 Å². The third-order valence-electron chi connectivity index (χ3n) is 3.50. The Labute approximate surface area is 141 Å². The van der Waals surface area contributed by atoms with Gasteiger partial charge in [0.25, 0.3) is 5.91 Å². The minimum Gasteiger partial charge on any atom is -0.494 e. The summed E-state index contributed by atoms with van der Waals surface area (Å²) in [6, 6.07) is 12.0. The van der Waals surface area contributed by atoms with E-state index in [1.807, 2.05) is 13.8 Å². The summed E-state index contributed by atoms with van der Waals surface area (Å²) >= 11 is 0. The molecule has 5 nitrogen and oxygen atoms in total. The van der Waals surface area contributed by atoms with Crippen LogP contribution in [-0.2, 0) is 4.74 Å². The van der Waals surface area contributed by atoms with E-state index in [2.05, 4.69) is 5.32 Å². The molecule has 2 aromatic rings. The zero-order chi connectivity index (χ0) is 17.5. The van der Waals surface area contributed by atoms with Gasteiger partial charge in [-0.05, 0) is 55.3 Å². The third kappa shape index (κ3) is 4.35. The lowest BCUT2D eigenvalue weighted by atomic mass is 10.1. The maximum Gasteiger partial charge on any atom is 0.337 e. The van der Waals surface area contributed by atoms with Gasteiger partial charge in [-0.15, -0.1) is 0 Å². The van der Waals surface area contributed by atoms with Gasteiger partial charge >= 0.3 is 5.97 Å². The number of methoxy groups -OCH3 is 1. The number of rotatable bonds is 6. The Kier molecular flexibility index (Phi) is 5.95. The third-order valence-corrected chi connectivity index (χ3v) is 3.50. The normalized spacial score (nSPS) is 10.1. The van der Waals surface area contributed by atoms with E-state index in [9.17, 15) is 9.59 Å². The lowest BCUT2D eigenvalue weighted by Gasteiger charge is -2.11. The Morgan fingerprint density at radius 1 is 1.04 bits per heavy atom. The molecule has 0 aromatic heterocycles. The largest absolute Gasteiger partial charge is 0.494 e. The van der Waals surface area contributed by atoms with Gasteiger partial charge in [-0.2, -0.15) is 0 Å². The van der Waals surface area contributed by atoms with Crippen LogP contribution in [0, 0.1) is 6.92 Å². The molecule has 1 amide bonds. The fraction of sp³-hybridized carbons (Fsp3) is 0.263. The van der Waals surface area contributed by atoms with Crippen molar-refractivity contribution < 1.29 is 19.1 Å². The Morgan fingerprint density at radius 3 is 2.33 bits per heavy atom. The quantitative estimate of drug-likeness (QED) is 0.819. The van der Waals surface area contributed by atoms with Crippen molar-refractivity contribution in [2.24, 2.45) is 0 Å². The van der Waals surface area contributed by atoms with Crippen molar-refractivity contribution in [3.05, 3.63) is 59.2 Å². The lowest BCUT2D eigenvalue weighted by molar-refractivity contribution is 0.0600. The number of benzene rings is 2. The zero-order valence-corrected chi connectivity index (χ0v) is 14.1. The van der Waals surface area contributed by atoms with Crippen LogP contribution < -0.4 is 10.1 Å². The van der Waals surface area contributed by atoms with Gasteiger partial charge in [0.2, 0.25) is 0 Å². The molecule has 0 saturated carbocycles. The number of hydrogen-bond donors (Lipinski definition) is 1. The number of esters is 1. The molecule has 0 atom stereocenters. The minimum atomic E-state index is -0.442. The van der Waals surface area contributed by atoms with Gasteiger partial charge in [0.15, 0.2) is 0 Å². The molecule has 0 unspecified atom stereocenters. The molecule has 0 aliphatic heterocycles. The molecule has 126 valence electrons. The zero-order valence-electron chi connectivity index (χ0n) is 14.1. The first-order valence-corrected chi connectivity index (χ1v) is 7.78. The molecule has 0 aliphatic carbocycles. The molecule has 24 heavy (non-hydrogen) atoms. The number of amides is 1. The summed E-state index contributed by atoms with van der Waals surface area (Å²) < 4.78 is 10.2. The SMILES string of the molecule is CCCOc1ccc(C(=O)Nc2cc(C(=O)OC)ccc2C)cc1. The van der Waals surface area contributed by atoms with Crippen molar-refractivity contribution in [3.63, 3.8) is 0 Å². The van der Waals surface area contributed by atoms with Crippen LogP contribution in [0.4, 0.5) is 5.69 Å². The highest BCUT2D eigenvalue weighted by Crippen LogP contribution is 2.19. The molecule has 1 N–H and O–H groups in total. The van der Waals surface area contributed by atoms with Crippen molar-refractivity contribution in [2.75, 3.05) is 19.0 Å². The Bertz CT molecular complexity index is 723. The highest BCUT2D eigenvalue weighted by molar-refractivity contribution is 6.05. The van der Waals surface area contributed by atoms with Crippen LogP contribution >= 0.6 is 0 Å². The number of carbonyl (C=O) groups excluding carboxylic acids is 2. The van der Waals surface area contributed by atoms with Crippen LogP contribution in [0.15, 0.2) is 42.5 Å². The summed E-state index contributed by atoms with van der Waals surface area (Å²) in [5.74, 6) is 0.0438.